The number of nitrogens with zero attached hydrogens (tertiary/aromatic N) is 2. The van der Waals surface area contributed by atoms with Gasteiger partial charge in [-0.25, -0.2) is 13.8 Å². The predicted molar refractivity (Wildman–Crippen MR) is 80.8 cm³/mol. The van der Waals surface area contributed by atoms with Crippen LogP contribution in [0.1, 0.15) is 0 Å². The largest absolute Gasteiger partial charge is 0.369 e. The highest BCUT2D eigenvalue weighted by Crippen LogP contribution is 2.31. The molecule has 0 spiro atoms. The van der Waals surface area contributed by atoms with Crippen molar-refractivity contribution in [1.29, 1.82) is 0 Å². The summed E-state index contributed by atoms with van der Waals surface area (Å²) >= 11 is 6.38. The third kappa shape index (κ3) is 2.10. The van der Waals surface area contributed by atoms with E-state index in [4.69, 9.17) is 5.73 Å². The van der Waals surface area contributed by atoms with Crippen LogP contribution in [0.25, 0.3) is 16.7 Å². The minimum atomic E-state index is -0.420. The number of halogens is 4. The fourth-order valence-corrected chi connectivity index (χ4v) is 2.87. The van der Waals surface area contributed by atoms with Crippen molar-refractivity contribution in [3.05, 3.63) is 50.9 Å². The van der Waals surface area contributed by atoms with Gasteiger partial charge in [0.05, 0.1) is 21.2 Å². The quantitative estimate of drug-likeness (QED) is 0.655. The maximum absolute atomic E-state index is 13.7. The van der Waals surface area contributed by atoms with Crippen molar-refractivity contribution < 1.29 is 8.78 Å². The molecule has 0 aliphatic rings. The number of hydrogen-bond acceptors (Lipinski definition) is 2. The van der Waals surface area contributed by atoms with Crippen molar-refractivity contribution in [2.45, 2.75) is 0 Å². The lowest BCUT2D eigenvalue weighted by molar-refractivity contribution is 0.622. The van der Waals surface area contributed by atoms with E-state index in [0.29, 0.717) is 25.7 Å². The minimum absolute atomic E-state index is 0.199. The van der Waals surface area contributed by atoms with Crippen LogP contribution in [0.4, 0.5) is 14.7 Å². The van der Waals surface area contributed by atoms with Crippen molar-refractivity contribution in [2.75, 3.05) is 5.73 Å². The van der Waals surface area contributed by atoms with Crippen LogP contribution in [0.15, 0.2) is 39.3 Å². The average molecular weight is 403 g/mol. The molecule has 102 valence electrons. The van der Waals surface area contributed by atoms with E-state index < -0.39 is 5.82 Å². The number of hydrogen-bond donors (Lipinski definition) is 1. The number of imidazole rings is 1. The number of anilines is 1. The Morgan fingerprint density at radius 3 is 2.50 bits per heavy atom. The van der Waals surface area contributed by atoms with Gasteiger partial charge in [0, 0.05) is 10.5 Å². The van der Waals surface area contributed by atoms with Crippen LogP contribution >= 0.6 is 31.9 Å². The van der Waals surface area contributed by atoms with Crippen molar-refractivity contribution in [2.24, 2.45) is 0 Å². The molecule has 0 fully saturated rings. The van der Waals surface area contributed by atoms with Gasteiger partial charge in [0.2, 0.25) is 5.95 Å². The first-order chi connectivity index (χ1) is 9.47. The van der Waals surface area contributed by atoms with E-state index in [1.165, 1.54) is 18.2 Å². The molecular formula is C13H7Br2F2N3. The predicted octanol–water partition coefficient (Wildman–Crippen LogP) is 4.41. The third-order valence-corrected chi connectivity index (χ3v) is 4.12. The van der Waals surface area contributed by atoms with Crippen molar-refractivity contribution in [3.8, 4) is 5.69 Å². The molecule has 3 aromatic rings. The summed E-state index contributed by atoms with van der Waals surface area (Å²) in [5.41, 5.74) is 7.54. The van der Waals surface area contributed by atoms with E-state index in [-0.39, 0.29) is 11.8 Å². The fourth-order valence-electron chi connectivity index (χ4n) is 2.01. The maximum Gasteiger partial charge on any atom is 0.205 e. The van der Waals surface area contributed by atoms with Crippen molar-refractivity contribution >= 4 is 48.8 Å². The number of benzene rings is 2. The summed E-state index contributed by atoms with van der Waals surface area (Å²) < 4.78 is 29.3. The second-order valence-corrected chi connectivity index (χ2v) is 5.86. The highest BCUT2D eigenvalue weighted by atomic mass is 79.9. The molecule has 0 atom stereocenters. The maximum atomic E-state index is 13.7. The Balaban J connectivity index is 2.35. The first-order valence-corrected chi connectivity index (χ1v) is 7.14. The highest BCUT2D eigenvalue weighted by molar-refractivity contribution is 9.10. The second kappa shape index (κ2) is 4.82. The fraction of sp³-hybridized carbons (Fsp3) is 0. The normalized spacial score (nSPS) is 11.2. The first-order valence-electron chi connectivity index (χ1n) is 5.56. The Bertz CT molecular complexity index is 830. The topological polar surface area (TPSA) is 43.8 Å². The van der Waals surface area contributed by atoms with Gasteiger partial charge in [-0.1, -0.05) is 0 Å². The summed E-state index contributed by atoms with van der Waals surface area (Å²) in [6.45, 7) is 0. The summed E-state index contributed by atoms with van der Waals surface area (Å²) in [7, 11) is 0. The number of rotatable bonds is 1. The zero-order valence-electron chi connectivity index (χ0n) is 9.87. The molecule has 0 saturated heterocycles. The Morgan fingerprint density at radius 2 is 1.80 bits per heavy atom. The number of nitrogen functional groups attached to an aromatic ring is 1. The Kier molecular flexibility index (Phi) is 3.25. The molecule has 20 heavy (non-hydrogen) atoms. The van der Waals surface area contributed by atoms with E-state index in [2.05, 4.69) is 36.8 Å². The molecule has 3 nitrogen and oxygen atoms in total. The average Bonchev–Trinajstić information content (AvgIpc) is 2.66. The summed E-state index contributed by atoms with van der Waals surface area (Å²) in [4.78, 5) is 4.18. The Morgan fingerprint density at radius 1 is 1.05 bits per heavy atom. The van der Waals surface area contributed by atoms with Crippen LogP contribution in [0.5, 0.6) is 0 Å². The van der Waals surface area contributed by atoms with Crippen LogP contribution in [-0.4, -0.2) is 9.55 Å². The van der Waals surface area contributed by atoms with Crippen LogP contribution in [0, 0.1) is 11.6 Å². The molecule has 0 aliphatic carbocycles. The molecule has 1 aromatic heterocycles. The number of aromatic nitrogens is 2. The Hall–Kier alpha value is -1.47. The molecule has 1 heterocycles. The summed E-state index contributed by atoms with van der Waals surface area (Å²) in [6, 6.07) is 7.06. The van der Waals surface area contributed by atoms with E-state index in [1.54, 1.807) is 16.7 Å². The SMILES string of the molecule is Nc1nc2cc(Br)c(F)cc2n1-c1ccc(F)cc1Br. The lowest BCUT2D eigenvalue weighted by Gasteiger charge is -2.09. The summed E-state index contributed by atoms with van der Waals surface area (Å²) in [6.07, 6.45) is 0. The van der Waals surface area contributed by atoms with Crippen molar-refractivity contribution in [1.82, 2.24) is 9.55 Å². The number of fused-ring (bicyclic) bond motifs is 1. The van der Waals surface area contributed by atoms with Crippen molar-refractivity contribution in [3.63, 3.8) is 0 Å². The first kappa shape index (κ1) is 13.5. The van der Waals surface area contributed by atoms with E-state index in [1.807, 2.05) is 0 Å². The summed E-state index contributed by atoms with van der Waals surface area (Å²) in [5, 5.41) is 0. The molecule has 0 aliphatic heterocycles. The van der Waals surface area contributed by atoms with Gasteiger partial charge in [-0.2, -0.15) is 0 Å². The molecule has 0 amide bonds. The molecule has 0 bridgehead atoms. The molecule has 7 heteroatoms. The van der Waals surface area contributed by atoms with Gasteiger partial charge in [-0.3, -0.25) is 4.57 Å². The molecule has 2 aromatic carbocycles. The highest BCUT2D eigenvalue weighted by Gasteiger charge is 2.15. The Labute approximate surface area is 129 Å². The molecule has 3 rings (SSSR count). The standard InChI is InChI=1S/C13H7Br2F2N3/c14-7-4-10-12(5-9(7)17)20(13(18)19-10)11-2-1-6(16)3-8(11)15/h1-5H,(H2,18,19). The van der Waals surface area contributed by atoms with E-state index >= 15 is 0 Å². The van der Waals surface area contributed by atoms with E-state index in [0.717, 1.165) is 0 Å². The zero-order valence-corrected chi connectivity index (χ0v) is 13.0. The van der Waals surface area contributed by atoms with Gasteiger partial charge in [0.15, 0.2) is 0 Å². The lowest BCUT2D eigenvalue weighted by atomic mass is 10.2. The monoisotopic (exact) mass is 401 g/mol. The van der Waals surface area contributed by atoms with Gasteiger partial charge in [-0.15, -0.1) is 0 Å². The van der Waals surface area contributed by atoms with Gasteiger partial charge in [-0.05, 0) is 56.1 Å². The van der Waals surface area contributed by atoms with Gasteiger partial charge < -0.3 is 5.73 Å². The smallest absolute Gasteiger partial charge is 0.205 e. The van der Waals surface area contributed by atoms with Gasteiger partial charge >= 0.3 is 0 Å². The second-order valence-electron chi connectivity index (χ2n) is 4.16. The molecule has 0 unspecified atom stereocenters. The summed E-state index contributed by atoms with van der Waals surface area (Å²) in [5.74, 6) is -0.598. The van der Waals surface area contributed by atoms with E-state index in [9.17, 15) is 8.78 Å². The third-order valence-electron chi connectivity index (χ3n) is 2.87. The minimum Gasteiger partial charge on any atom is -0.369 e. The molecule has 0 radical (unpaired) electrons. The molecular weight excluding hydrogens is 396 g/mol. The van der Waals surface area contributed by atoms with Gasteiger partial charge in [0.1, 0.15) is 11.6 Å². The van der Waals surface area contributed by atoms with Crippen LogP contribution < -0.4 is 5.73 Å². The zero-order chi connectivity index (χ0) is 14.4. The van der Waals surface area contributed by atoms with Crippen LogP contribution in [0.3, 0.4) is 0 Å². The molecule has 2 N–H and O–H groups in total. The van der Waals surface area contributed by atoms with Crippen LogP contribution in [0.2, 0.25) is 0 Å². The van der Waals surface area contributed by atoms with Crippen LogP contribution in [-0.2, 0) is 0 Å². The number of nitrogens with two attached hydrogens (primary N) is 1. The lowest BCUT2D eigenvalue weighted by Crippen LogP contribution is -2.01. The van der Waals surface area contributed by atoms with Gasteiger partial charge in [0.25, 0.3) is 0 Å². The molecule has 0 saturated carbocycles.